The molecule has 166 valence electrons. The van der Waals surface area contributed by atoms with Crippen molar-refractivity contribution >= 4 is 25.7 Å². The number of rotatable bonds is 4. The van der Waals surface area contributed by atoms with Gasteiger partial charge in [-0.1, -0.05) is 13.8 Å². The average Bonchev–Trinajstić information content (AvgIpc) is 2.97. The molecule has 0 bridgehead atoms. The van der Waals surface area contributed by atoms with Crippen LogP contribution in [0, 0.1) is 40.4 Å². The molecule has 4 aliphatic rings. The van der Waals surface area contributed by atoms with Crippen LogP contribution >= 0.6 is 10.8 Å². The summed E-state index contributed by atoms with van der Waals surface area (Å²) in [6.45, 7) is 6.70. The molecule has 0 saturated heterocycles. The first-order valence-electron chi connectivity index (χ1n) is 11.2. The zero-order valence-electron chi connectivity index (χ0n) is 18.9. The average molecular weight is 467 g/mol. The first kappa shape index (κ1) is 25.5. The SMILES string of the molecule is C[C@@]1(O)CC[C@]2(C)C3CC[C@@]4(C)C(CC[C@@H]4C(=O)CSS(=O)(=O)[O-])C3CC[C@H]2C1.[Na+]. The van der Waals surface area contributed by atoms with Gasteiger partial charge in [-0.05, 0) is 110 Å². The van der Waals surface area contributed by atoms with Crippen LogP contribution in [0.25, 0.3) is 0 Å². The third-order valence-corrected chi connectivity index (χ3v) is 11.6. The summed E-state index contributed by atoms with van der Waals surface area (Å²) in [5, 5.41) is 10.6. The van der Waals surface area contributed by atoms with E-state index < -0.39 is 14.8 Å². The maximum Gasteiger partial charge on any atom is 1.00 e. The van der Waals surface area contributed by atoms with Crippen LogP contribution in [0.4, 0.5) is 0 Å². The van der Waals surface area contributed by atoms with Crippen LogP contribution in [0.1, 0.15) is 78.6 Å². The van der Waals surface area contributed by atoms with Gasteiger partial charge in [-0.15, -0.1) is 0 Å². The molecule has 0 radical (unpaired) electrons. The number of carbonyl (C=O) groups is 1. The minimum atomic E-state index is -4.42. The van der Waals surface area contributed by atoms with E-state index in [0.717, 1.165) is 44.9 Å². The van der Waals surface area contributed by atoms with E-state index in [-0.39, 0.29) is 63.2 Å². The zero-order chi connectivity index (χ0) is 21.2. The third kappa shape index (κ3) is 4.47. The van der Waals surface area contributed by atoms with Gasteiger partial charge in [0.05, 0.1) is 11.4 Å². The van der Waals surface area contributed by atoms with Gasteiger partial charge >= 0.3 is 29.6 Å². The minimum absolute atomic E-state index is 0. The fraction of sp³-hybridized carbons (Fsp3) is 0.955. The van der Waals surface area contributed by atoms with Crippen molar-refractivity contribution in [1.29, 1.82) is 0 Å². The van der Waals surface area contributed by atoms with Crippen molar-refractivity contribution in [2.45, 2.75) is 84.2 Å². The van der Waals surface area contributed by atoms with Crippen molar-refractivity contribution < 1.29 is 52.4 Å². The summed E-state index contributed by atoms with van der Waals surface area (Å²) in [7, 11) is -4.18. The van der Waals surface area contributed by atoms with Gasteiger partial charge < -0.3 is 9.66 Å². The molecule has 8 heteroatoms. The normalized spacial score (nSPS) is 48.1. The maximum atomic E-state index is 12.8. The Bertz CT molecular complexity index is 784. The summed E-state index contributed by atoms with van der Waals surface area (Å²) in [5.74, 6) is 2.04. The second kappa shape index (κ2) is 8.59. The molecule has 4 saturated carbocycles. The van der Waals surface area contributed by atoms with Crippen molar-refractivity contribution in [2.24, 2.45) is 40.4 Å². The molecule has 4 fully saturated rings. The molecule has 8 atom stereocenters. The molecule has 0 amide bonds. The number of Topliss-reactive ketones (excluding diaryl/α,β-unsaturated/α-hetero) is 1. The summed E-state index contributed by atoms with van der Waals surface area (Å²) in [4.78, 5) is 12.8. The quantitative estimate of drug-likeness (QED) is 0.380. The van der Waals surface area contributed by atoms with Crippen molar-refractivity contribution in [3.05, 3.63) is 0 Å². The van der Waals surface area contributed by atoms with Crippen molar-refractivity contribution in [2.75, 3.05) is 5.75 Å². The predicted molar refractivity (Wildman–Crippen MR) is 113 cm³/mol. The summed E-state index contributed by atoms with van der Waals surface area (Å²) in [6, 6.07) is 0. The van der Waals surface area contributed by atoms with Crippen LogP contribution < -0.4 is 29.6 Å². The number of hydrogen-bond acceptors (Lipinski definition) is 6. The molecular weight excluding hydrogens is 431 g/mol. The number of ketones is 1. The predicted octanol–water partition coefficient (Wildman–Crippen LogP) is 1.16. The molecule has 0 aromatic heterocycles. The monoisotopic (exact) mass is 466 g/mol. The van der Waals surface area contributed by atoms with E-state index in [2.05, 4.69) is 13.8 Å². The van der Waals surface area contributed by atoms with E-state index in [9.17, 15) is 22.9 Å². The smallest absolute Gasteiger partial charge is 0.739 e. The molecular formula is C22H35NaO5S2. The fourth-order valence-electron chi connectivity index (χ4n) is 8.19. The number of carbonyl (C=O) groups excluding carboxylic acids is 1. The summed E-state index contributed by atoms with van der Waals surface area (Å²) in [5.41, 5.74) is -0.291. The van der Waals surface area contributed by atoms with E-state index in [1.165, 1.54) is 12.8 Å². The van der Waals surface area contributed by atoms with Gasteiger partial charge in [0.25, 0.3) is 0 Å². The van der Waals surface area contributed by atoms with E-state index >= 15 is 0 Å². The van der Waals surface area contributed by atoms with Crippen LogP contribution in [0.5, 0.6) is 0 Å². The first-order valence-corrected chi connectivity index (χ1v) is 14.1. The molecule has 0 heterocycles. The molecule has 30 heavy (non-hydrogen) atoms. The van der Waals surface area contributed by atoms with E-state index in [4.69, 9.17) is 0 Å². The van der Waals surface area contributed by atoms with Crippen LogP contribution in [0.15, 0.2) is 0 Å². The summed E-state index contributed by atoms with van der Waals surface area (Å²) >= 11 is 0. The Morgan fingerprint density at radius 2 is 1.67 bits per heavy atom. The van der Waals surface area contributed by atoms with Gasteiger partial charge in [-0.2, -0.15) is 0 Å². The Kier molecular flexibility index (Phi) is 7.31. The molecule has 0 aliphatic heterocycles. The first-order chi connectivity index (χ1) is 13.4. The molecule has 1 N–H and O–H groups in total. The standard InChI is InChI=1S/C22H36O5S2.Na/c1-20(24)10-11-21(2)14(12-20)4-5-15-16-6-7-18(19(23)13-28-29(25,26)27)22(16,3)9-8-17(15)21;/h14-18,24H,4-13H2,1-3H3,(H,25,26,27);/q;+1/p-1/t14-,15?,16?,17?,18+,20+,21-,22-;/m0./s1. The number of hydrogen-bond donors (Lipinski definition) is 1. The molecule has 0 spiro atoms. The summed E-state index contributed by atoms with van der Waals surface area (Å²) < 4.78 is 32.9. The molecule has 0 aromatic carbocycles. The van der Waals surface area contributed by atoms with Gasteiger partial charge in [0.2, 0.25) is 0 Å². The van der Waals surface area contributed by atoms with Gasteiger partial charge in [-0.3, -0.25) is 4.79 Å². The van der Waals surface area contributed by atoms with E-state index in [1.807, 2.05) is 6.92 Å². The number of aliphatic hydroxyl groups is 1. The zero-order valence-corrected chi connectivity index (χ0v) is 22.5. The maximum absolute atomic E-state index is 12.8. The van der Waals surface area contributed by atoms with E-state index in [1.54, 1.807) is 0 Å². The second-order valence-corrected chi connectivity index (χ2v) is 14.4. The summed E-state index contributed by atoms with van der Waals surface area (Å²) in [6.07, 6.45) is 9.26. The van der Waals surface area contributed by atoms with Gasteiger partial charge in [0.1, 0.15) is 14.9 Å². The Morgan fingerprint density at radius 1 is 1.00 bits per heavy atom. The fourth-order valence-corrected chi connectivity index (χ4v) is 9.43. The van der Waals surface area contributed by atoms with Crippen molar-refractivity contribution in [3.8, 4) is 0 Å². The number of fused-ring (bicyclic) bond motifs is 5. The van der Waals surface area contributed by atoms with Crippen LogP contribution in [0.2, 0.25) is 0 Å². The second-order valence-electron chi connectivity index (χ2n) is 11.2. The molecule has 3 unspecified atom stereocenters. The van der Waals surface area contributed by atoms with Gasteiger partial charge in [0.15, 0.2) is 0 Å². The molecule has 0 aromatic rings. The molecule has 4 aliphatic carbocycles. The van der Waals surface area contributed by atoms with Gasteiger partial charge in [-0.25, -0.2) is 8.42 Å². The van der Waals surface area contributed by atoms with Crippen LogP contribution in [-0.2, 0) is 13.9 Å². The van der Waals surface area contributed by atoms with Crippen molar-refractivity contribution in [1.82, 2.24) is 0 Å². The Balaban J connectivity index is 0.00000256. The Morgan fingerprint density at radius 3 is 2.33 bits per heavy atom. The third-order valence-electron chi connectivity index (χ3n) is 9.69. The van der Waals surface area contributed by atoms with Crippen LogP contribution in [0.3, 0.4) is 0 Å². The van der Waals surface area contributed by atoms with Gasteiger partial charge in [0, 0.05) is 5.92 Å². The molecule has 4 rings (SSSR count). The van der Waals surface area contributed by atoms with Crippen LogP contribution in [-0.4, -0.2) is 35.2 Å². The largest absolute Gasteiger partial charge is 1.00 e. The van der Waals surface area contributed by atoms with Crippen molar-refractivity contribution in [3.63, 3.8) is 0 Å². The Labute approximate surface area is 207 Å². The molecule has 5 nitrogen and oxygen atoms in total. The minimum Gasteiger partial charge on any atom is -0.739 e. The van der Waals surface area contributed by atoms with E-state index in [0.29, 0.717) is 29.1 Å². The topological polar surface area (TPSA) is 94.5 Å². The Hall–Kier alpha value is 0.890.